The Labute approximate surface area is 173 Å². The molecule has 2 aliphatic carbocycles. The van der Waals surface area contributed by atoms with Gasteiger partial charge < -0.3 is 19.5 Å². The quantitative estimate of drug-likeness (QED) is 0.694. The molecule has 29 heavy (non-hydrogen) atoms. The molecule has 1 aromatic rings. The van der Waals surface area contributed by atoms with Gasteiger partial charge in [-0.1, -0.05) is 37.3 Å². The Morgan fingerprint density at radius 1 is 1.07 bits per heavy atom. The van der Waals surface area contributed by atoms with Gasteiger partial charge in [-0.25, -0.2) is 4.79 Å². The van der Waals surface area contributed by atoms with Crippen molar-refractivity contribution < 1.29 is 14.1 Å². The zero-order valence-corrected chi connectivity index (χ0v) is 17.6. The topological polar surface area (TPSA) is 80.5 Å². The fraction of sp³-hybridized carbons (Fsp3) is 0.864. The summed E-state index contributed by atoms with van der Waals surface area (Å²) in [4.78, 5) is 19.2. The molecular weight excluding hydrogens is 368 g/mol. The lowest BCUT2D eigenvalue weighted by molar-refractivity contribution is 0.102. The van der Waals surface area contributed by atoms with Crippen LogP contribution in [0.2, 0.25) is 0 Å². The molecule has 2 amide bonds. The molecule has 0 radical (unpaired) electrons. The summed E-state index contributed by atoms with van der Waals surface area (Å²) in [6, 6.07) is 0.414. The highest BCUT2D eigenvalue weighted by Crippen LogP contribution is 2.27. The van der Waals surface area contributed by atoms with E-state index in [1.807, 2.05) is 4.90 Å². The van der Waals surface area contributed by atoms with Gasteiger partial charge in [0.05, 0.1) is 12.5 Å². The molecule has 1 atom stereocenters. The number of aromatic nitrogens is 2. The molecule has 0 aromatic carbocycles. The number of carbonyl (C=O) groups is 1. The number of nitrogens with one attached hydrogen (secondary N) is 1. The highest BCUT2D eigenvalue weighted by Gasteiger charge is 2.29. The molecule has 1 N–H and O–H groups in total. The molecule has 1 unspecified atom stereocenters. The van der Waals surface area contributed by atoms with Crippen LogP contribution in [0, 0.1) is 5.92 Å². The van der Waals surface area contributed by atoms with Crippen molar-refractivity contribution in [3.63, 3.8) is 0 Å². The first-order valence-corrected chi connectivity index (χ1v) is 11.7. The summed E-state index contributed by atoms with van der Waals surface area (Å²) in [5.41, 5.74) is 0. The largest absolute Gasteiger partial charge is 0.381 e. The Hall–Kier alpha value is -1.63. The Balaban J connectivity index is 1.21. The minimum Gasteiger partial charge on any atom is -0.381 e. The van der Waals surface area contributed by atoms with Crippen molar-refractivity contribution in [2.75, 3.05) is 26.3 Å². The van der Waals surface area contributed by atoms with Crippen LogP contribution < -0.4 is 5.32 Å². The second-order valence-electron chi connectivity index (χ2n) is 9.09. The maximum Gasteiger partial charge on any atom is 0.317 e. The van der Waals surface area contributed by atoms with E-state index in [2.05, 4.69) is 15.5 Å². The van der Waals surface area contributed by atoms with Gasteiger partial charge in [0, 0.05) is 32.2 Å². The number of hydrogen-bond acceptors (Lipinski definition) is 5. The molecule has 0 bridgehead atoms. The molecule has 7 heteroatoms. The van der Waals surface area contributed by atoms with E-state index in [0.717, 1.165) is 50.6 Å². The molecule has 162 valence electrons. The summed E-state index contributed by atoms with van der Waals surface area (Å²) in [6.07, 6.45) is 13.9. The molecule has 7 nitrogen and oxygen atoms in total. The van der Waals surface area contributed by atoms with Gasteiger partial charge in [-0.3, -0.25) is 0 Å². The Morgan fingerprint density at radius 2 is 1.86 bits per heavy atom. The van der Waals surface area contributed by atoms with Crippen molar-refractivity contribution >= 4 is 6.03 Å². The van der Waals surface area contributed by atoms with Crippen molar-refractivity contribution in [1.82, 2.24) is 20.4 Å². The van der Waals surface area contributed by atoms with Crippen molar-refractivity contribution in [3.05, 3.63) is 11.7 Å². The second kappa shape index (κ2) is 10.4. The van der Waals surface area contributed by atoms with Gasteiger partial charge >= 0.3 is 6.03 Å². The number of likely N-dealkylation sites (tertiary alicyclic amines) is 1. The van der Waals surface area contributed by atoms with E-state index in [9.17, 15) is 4.79 Å². The fourth-order valence-electron chi connectivity index (χ4n) is 5.00. The van der Waals surface area contributed by atoms with Gasteiger partial charge in [-0.15, -0.1) is 0 Å². The van der Waals surface area contributed by atoms with Crippen molar-refractivity contribution in [2.24, 2.45) is 5.92 Å². The van der Waals surface area contributed by atoms with Crippen LogP contribution in [0.25, 0.3) is 0 Å². The maximum atomic E-state index is 12.7. The summed E-state index contributed by atoms with van der Waals surface area (Å²) < 4.78 is 11.4. The summed E-state index contributed by atoms with van der Waals surface area (Å²) in [5, 5.41) is 7.37. The summed E-state index contributed by atoms with van der Waals surface area (Å²) in [5.74, 6) is 2.27. The fourth-order valence-corrected chi connectivity index (χ4v) is 5.00. The molecule has 2 saturated carbocycles. The maximum absolute atomic E-state index is 12.7. The average Bonchev–Trinajstić information content (AvgIpc) is 3.44. The van der Waals surface area contributed by atoms with Gasteiger partial charge in [0.15, 0.2) is 5.82 Å². The van der Waals surface area contributed by atoms with Crippen LogP contribution in [0.1, 0.15) is 88.3 Å². The third-order valence-electron chi connectivity index (χ3n) is 6.77. The number of ether oxygens (including phenoxy) is 1. The van der Waals surface area contributed by atoms with Gasteiger partial charge in [0.25, 0.3) is 0 Å². The predicted octanol–water partition coefficient (Wildman–Crippen LogP) is 4.04. The smallest absolute Gasteiger partial charge is 0.317 e. The summed E-state index contributed by atoms with van der Waals surface area (Å²) >= 11 is 0. The van der Waals surface area contributed by atoms with E-state index < -0.39 is 0 Å². The minimum atomic E-state index is 0.0710. The zero-order valence-electron chi connectivity index (χ0n) is 17.6. The third-order valence-corrected chi connectivity index (χ3v) is 6.77. The van der Waals surface area contributed by atoms with Crippen LogP contribution >= 0.6 is 0 Å². The minimum absolute atomic E-state index is 0.0710. The highest BCUT2D eigenvalue weighted by atomic mass is 16.5. The number of piperidine rings is 1. The Bertz CT molecular complexity index is 638. The average molecular weight is 405 g/mol. The van der Waals surface area contributed by atoms with Crippen LogP contribution in [0.4, 0.5) is 4.79 Å². The molecule has 2 heterocycles. The van der Waals surface area contributed by atoms with Gasteiger partial charge in [0.2, 0.25) is 5.89 Å². The summed E-state index contributed by atoms with van der Waals surface area (Å²) in [6.45, 7) is 2.98. The van der Waals surface area contributed by atoms with Crippen LogP contribution in [-0.2, 0) is 11.2 Å². The van der Waals surface area contributed by atoms with Crippen molar-refractivity contribution in [1.29, 1.82) is 0 Å². The molecule has 1 aliphatic heterocycles. The van der Waals surface area contributed by atoms with Gasteiger partial charge in [0.1, 0.15) is 0 Å². The van der Waals surface area contributed by atoms with E-state index in [1.165, 1.54) is 44.9 Å². The molecule has 3 fully saturated rings. The Morgan fingerprint density at radius 3 is 2.69 bits per heavy atom. The van der Waals surface area contributed by atoms with E-state index >= 15 is 0 Å². The highest BCUT2D eigenvalue weighted by molar-refractivity contribution is 5.74. The predicted molar refractivity (Wildman–Crippen MR) is 110 cm³/mol. The number of hydrogen-bond donors (Lipinski definition) is 1. The first kappa shape index (κ1) is 20.6. The Kier molecular flexibility index (Phi) is 7.41. The van der Waals surface area contributed by atoms with E-state index in [1.54, 1.807) is 0 Å². The number of carbonyl (C=O) groups excluding carboxylic acids is 1. The lowest BCUT2D eigenvalue weighted by Crippen LogP contribution is -2.48. The SMILES string of the molecule is O=C(NC1CCCCC1)N1CCCC(c2nc(CCOCC3CCCC3)no2)C1. The lowest BCUT2D eigenvalue weighted by atomic mass is 9.95. The molecule has 0 spiro atoms. The third kappa shape index (κ3) is 5.93. The van der Waals surface area contributed by atoms with Crippen molar-refractivity contribution in [2.45, 2.75) is 89.0 Å². The summed E-state index contributed by atoms with van der Waals surface area (Å²) in [7, 11) is 0. The van der Waals surface area contributed by atoms with E-state index in [0.29, 0.717) is 31.5 Å². The monoisotopic (exact) mass is 404 g/mol. The zero-order chi connectivity index (χ0) is 19.9. The molecule has 1 aromatic heterocycles. The van der Waals surface area contributed by atoms with E-state index in [4.69, 9.17) is 9.26 Å². The first-order valence-electron chi connectivity index (χ1n) is 11.7. The van der Waals surface area contributed by atoms with E-state index in [-0.39, 0.29) is 11.9 Å². The normalized spacial score (nSPS) is 24.1. The standard InChI is InChI=1S/C22H36N4O3/c27-22(23-19-10-2-1-3-11-19)26-13-6-9-18(15-26)21-24-20(25-29-21)12-14-28-16-17-7-4-5-8-17/h17-19H,1-16H2,(H,23,27). The van der Waals surface area contributed by atoms with Crippen LogP contribution in [0.5, 0.6) is 0 Å². The first-order chi connectivity index (χ1) is 14.3. The van der Waals surface area contributed by atoms with Gasteiger partial charge in [-0.05, 0) is 44.4 Å². The second-order valence-corrected chi connectivity index (χ2v) is 9.09. The molecule has 4 rings (SSSR count). The number of nitrogens with zero attached hydrogens (tertiary/aromatic N) is 3. The lowest BCUT2D eigenvalue weighted by Gasteiger charge is -2.33. The van der Waals surface area contributed by atoms with Crippen LogP contribution in [0.15, 0.2) is 4.52 Å². The number of urea groups is 1. The van der Waals surface area contributed by atoms with Crippen LogP contribution in [0.3, 0.4) is 0 Å². The molecule has 3 aliphatic rings. The van der Waals surface area contributed by atoms with Crippen molar-refractivity contribution in [3.8, 4) is 0 Å². The number of rotatable bonds is 7. The van der Waals surface area contributed by atoms with Gasteiger partial charge in [-0.2, -0.15) is 4.98 Å². The van der Waals surface area contributed by atoms with Crippen LogP contribution in [-0.4, -0.2) is 53.4 Å². The number of amides is 2. The molecular formula is C22H36N4O3. The molecule has 1 saturated heterocycles.